The molecule has 0 unspecified atom stereocenters. The number of aromatic amines is 1. The standard InChI is InChI=1S/C30H29N2O5P/c1-22-17-23(2)31-28(22)18-27-26-15-9-10-16-29(26)32(30(27)33)21-37-38(34,35-19-24-11-5-3-6-12-24)36-20-25-13-7-4-8-14-25/h3-18,31H,19-21H2,1-2H3. The number of aryl methyl sites for hydroxylation is 2. The maximum absolute atomic E-state index is 13.7. The van der Waals surface area contributed by atoms with E-state index < -0.39 is 7.82 Å². The van der Waals surface area contributed by atoms with Crippen molar-refractivity contribution in [3.63, 3.8) is 0 Å². The Kier molecular flexibility index (Phi) is 7.72. The second-order valence-corrected chi connectivity index (χ2v) is 10.7. The number of para-hydroxylation sites is 1. The summed E-state index contributed by atoms with van der Waals surface area (Å²) in [5.41, 5.74) is 6.54. The number of hydrogen-bond acceptors (Lipinski definition) is 5. The summed E-state index contributed by atoms with van der Waals surface area (Å²) in [6.45, 7) is 3.74. The third-order valence-corrected chi connectivity index (χ3v) is 7.57. The molecule has 1 N–H and O–H groups in total. The molecule has 0 radical (unpaired) electrons. The van der Waals surface area contributed by atoms with Crippen LogP contribution in [0, 0.1) is 13.8 Å². The van der Waals surface area contributed by atoms with Crippen molar-refractivity contribution in [1.82, 2.24) is 4.98 Å². The fourth-order valence-electron chi connectivity index (χ4n) is 4.31. The number of phosphoric acid groups is 1. The highest BCUT2D eigenvalue weighted by molar-refractivity contribution is 7.48. The molecule has 4 aromatic rings. The predicted octanol–water partition coefficient (Wildman–Crippen LogP) is 7.03. The summed E-state index contributed by atoms with van der Waals surface area (Å²) in [6.07, 6.45) is 1.85. The van der Waals surface area contributed by atoms with E-state index in [0.717, 1.165) is 33.6 Å². The lowest BCUT2D eigenvalue weighted by Crippen LogP contribution is -2.28. The lowest BCUT2D eigenvalue weighted by Gasteiger charge is -2.22. The summed E-state index contributed by atoms with van der Waals surface area (Å²) in [7, 11) is -4.05. The van der Waals surface area contributed by atoms with Crippen LogP contribution in [0.25, 0.3) is 11.6 Å². The van der Waals surface area contributed by atoms with Gasteiger partial charge in [-0.25, -0.2) is 4.57 Å². The second-order valence-electron chi connectivity index (χ2n) is 9.08. The van der Waals surface area contributed by atoms with E-state index in [4.69, 9.17) is 13.6 Å². The van der Waals surface area contributed by atoms with Crippen LogP contribution in [0.1, 0.15) is 33.6 Å². The molecule has 1 aliphatic rings. The zero-order valence-corrected chi connectivity index (χ0v) is 22.2. The van der Waals surface area contributed by atoms with Crippen molar-refractivity contribution in [2.24, 2.45) is 0 Å². The van der Waals surface area contributed by atoms with E-state index in [2.05, 4.69) is 4.98 Å². The number of phosphoric ester groups is 1. The summed E-state index contributed by atoms with van der Waals surface area (Å²) in [6, 6.07) is 28.2. The van der Waals surface area contributed by atoms with Gasteiger partial charge in [0.1, 0.15) is 6.73 Å². The maximum Gasteiger partial charge on any atom is 0.477 e. The number of amides is 1. The van der Waals surface area contributed by atoms with Gasteiger partial charge in [-0.05, 0) is 48.7 Å². The van der Waals surface area contributed by atoms with Crippen LogP contribution in [0.2, 0.25) is 0 Å². The lowest BCUT2D eigenvalue weighted by atomic mass is 10.1. The normalized spacial score (nSPS) is 14.3. The Morgan fingerprint density at radius 1 is 0.816 bits per heavy atom. The number of anilines is 1. The SMILES string of the molecule is Cc1cc(C)c(C=C2C(=O)N(COP(=O)(OCc3ccccc3)OCc3ccccc3)c3ccccc32)[nH]1. The molecule has 0 atom stereocenters. The van der Waals surface area contributed by atoms with Gasteiger partial charge in [0.15, 0.2) is 0 Å². The van der Waals surface area contributed by atoms with Crippen LogP contribution in [-0.2, 0) is 36.1 Å². The largest absolute Gasteiger partial charge is 0.477 e. The molecule has 0 bridgehead atoms. The van der Waals surface area contributed by atoms with Crippen LogP contribution in [0.5, 0.6) is 0 Å². The Morgan fingerprint density at radius 3 is 1.97 bits per heavy atom. The molecule has 1 aromatic heterocycles. The molecule has 194 valence electrons. The molecule has 3 aromatic carbocycles. The molecule has 0 spiro atoms. The molecular weight excluding hydrogens is 499 g/mol. The molecular formula is C30H29N2O5P. The zero-order valence-electron chi connectivity index (χ0n) is 21.3. The van der Waals surface area contributed by atoms with Gasteiger partial charge in [0.05, 0.1) is 24.5 Å². The number of nitrogens with one attached hydrogen (secondary N) is 1. The van der Waals surface area contributed by atoms with Crippen molar-refractivity contribution in [3.05, 3.63) is 125 Å². The van der Waals surface area contributed by atoms with Gasteiger partial charge in [0.25, 0.3) is 5.91 Å². The lowest BCUT2D eigenvalue weighted by molar-refractivity contribution is -0.113. The van der Waals surface area contributed by atoms with Crippen LogP contribution in [0.15, 0.2) is 91.0 Å². The molecule has 5 rings (SSSR count). The first-order valence-electron chi connectivity index (χ1n) is 12.3. The molecule has 0 aliphatic carbocycles. The fourth-order valence-corrected chi connectivity index (χ4v) is 5.41. The topological polar surface area (TPSA) is 80.9 Å². The number of carbonyl (C=O) groups excluding carboxylic acids is 1. The minimum Gasteiger partial charge on any atom is -0.359 e. The van der Waals surface area contributed by atoms with Gasteiger partial charge in [-0.3, -0.25) is 23.3 Å². The van der Waals surface area contributed by atoms with Crippen molar-refractivity contribution in [2.45, 2.75) is 27.1 Å². The molecule has 1 amide bonds. The van der Waals surface area contributed by atoms with E-state index in [9.17, 15) is 9.36 Å². The first-order chi connectivity index (χ1) is 18.4. The molecule has 7 nitrogen and oxygen atoms in total. The van der Waals surface area contributed by atoms with Crippen LogP contribution in [-0.4, -0.2) is 17.6 Å². The van der Waals surface area contributed by atoms with E-state index in [-0.39, 0.29) is 25.9 Å². The van der Waals surface area contributed by atoms with Crippen molar-refractivity contribution < 1.29 is 22.9 Å². The number of rotatable bonds is 10. The molecule has 1 aliphatic heterocycles. The Labute approximate surface area is 222 Å². The first kappa shape index (κ1) is 25.9. The summed E-state index contributed by atoms with van der Waals surface area (Å²) >= 11 is 0. The molecule has 2 heterocycles. The second kappa shape index (κ2) is 11.3. The monoisotopic (exact) mass is 528 g/mol. The zero-order chi connectivity index (χ0) is 26.5. The Bertz CT molecular complexity index is 1450. The average Bonchev–Trinajstić information content (AvgIpc) is 3.40. The molecule has 0 saturated carbocycles. The van der Waals surface area contributed by atoms with E-state index in [1.165, 1.54) is 4.90 Å². The smallest absolute Gasteiger partial charge is 0.359 e. The number of hydrogen-bond donors (Lipinski definition) is 1. The van der Waals surface area contributed by atoms with E-state index in [1.54, 1.807) is 0 Å². The minimum absolute atomic E-state index is 0.0358. The van der Waals surface area contributed by atoms with Crippen LogP contribution >= 0.6 is 7.82 Å². The number of carbonyl (C=O) groups is 1. The van der Waals surface area contributed by atoms with E-state index in [0.29, 0.717) is 11.3 Å². The van der Waals surface area contributed by atoms with Crippen LogP contribution in [0.4, 0.5) is 5.69 Å². The van der Waals surface area contributed by atoms with Crippen molar-refractivity contribution in [2.75, 3.05) is 11.6 Å². The van der Waals surface area contributed by atoms with Gasteiger partial charge in [0.2, 0.25) is 0 Å². The highest BCUT2D eigenvalue weighted by Crippen LogP contribution is 2.52. The Morgan fingerprint density at radius 2 is 1.39 bits per heavy atom. The van der Waals surface area contributed by atoms with Gasteiger partial charge >= 0.3 is 7.82 Å². The van der Waals surface area contributed by atoms with E-state index in [1.807, 2.05) is 111 Å². The average molecular weight is 529 g/mol. The summed E-state index contributed by atoms with van der Waals surface area (Å²) in [4.78, 5) is 18.3. The number of benzene rings is 3. The summed E-state index contributed by atoms with van der Waals surface area (Å²) < 4.78 is 31.0. The Balaban J connectivity index is 1.37. The predicted molar refractivity (Wildman–Crippen MR) is 148 cm³/mol. The quantitative estimate of drug-likeness (QED) is 0.176. The van der Waals surface area contributed by atoms with Crippen molar-refractivity contribution >= 4 is 31.1 Å². The van der Waals surface area contributed by atoms with Gasteiger partial charge < -0.3 is 4.98 Å². The maximum atomic E-state index is 13.7. The van der Waals surface area contributed by atoms with Gasteiger partial charge in [-0.2, -0.15) is 0 Å². The number of fused-ring (bicyclic) bond motifs is 1. The van der Waals surface area contributed by atoms with Gasteiger partial charge in [0, 0.05) is 17.0 Å². The number of aromatic nitrogens is 1. The van der Waals surface area contributed by atoms with Gasteiger partial charge in [-0.1, -0.05) is 78.9 Å². The van der Waals surface area contributed by atoms with E-state index >= 15 is 0 Å². The van der Waals surface area contributed by atoms with Crippen LogP contribution in [0.3, 0.4) is 0 Å². The highest BCUT2D eigenvalue weighted by atomic mass is 31.2. The van der Waals surface area contributed by atoms with Gasteiger partial charge in [-0.15, -0.1) is 0 Å². The molecule has 8 heteroatoms. The Hall–Kier alpha value is -3.74. The molecule has 0 fully saturated rings. The highest BCUT2D eigenvalue weighted by Gasteiger charge is 2.36. The summed E-state index contributed by atoms with van der Waals surface area (Å²) in [5, 5.41) is 0. The minimum atomic E-state index is -4.05. The third kappa shape index (κ3) is 5.87. The van der Waals surface area contributed by atoms with Crippen molar-refractivity contribution in [3.8, 4) is 0 Å². The summed E-state index contributed by atoms with van der Waals surface area (Å²) in [5.74, 6) is -0.254. The fraction of sp³-hybridized carbons (Fsp3) is 0.167. The molecule has 0 saturated heterocycles. The number of H-pyrrole nitrogens is 1. The first-order valence-corrected chi connectivity index (χ1v) is 13.8. The number of nitrogens with zero attached hydrogens (tertiary/aromatic N) is 1. The van der Waals surface area contributed by atoms with Crippen molar-refractivity contribution in [1.29, 1.82) is 0 Å². The molecule has 38 heavy (non-hydrogen) atoms. The third-order valence-electron chi connectivity index (χ3n) is 6.25. The van der Waals surface area contributed by atoms with Crippen LogP contribution < -0.4 is 4.90 Å².